The molecule has 116 valence electrons. The van der Waals surface area contributed by atoms with E-state index < -0.39 is 0 Å². The van der Waals surface area contributed by atoms with Crippen LogP contribution in [0.1, 0.15) is 45.4 Å². The molecule has 5 heteroatoms. The maximum Gasteiger partial charge on any atom is 0.317 e. The molecular formula is C15H30N4O. The number of rotatable bonds is 5. The van der Waals surface area contributed by atoms with Crippen LogP contribution in [0.15, 0.2) is 0 Å². The highest BCUT2D eigenvalue weighted by molar-refractivity contribution is 5.74. The summed E-state index contributed by atoms with van der Waals surface area (Å²) in [4.78, 5) is 16.7. The molecule has 0 aromatic rings. The number of hydrogen-bond donors (Lipinski definition) is 2. The number of nitrogens with zero attached hydrogens (tertiary/aromatic N) is 2. The van der Waals surface area contributed by atoms with Crippen molar-refractivity contribution in [2.45, 2.75) is 57.5 Å². The van der Waals surface area contributed by atoms with E-state index >= 15 is 0 Å². The third kappa shape index (κ3) is 4.09. The maximum atomic E-state index is 12.2. The molecule has 2 aliphatic rings. The van der Waals surface area contributed by atoms with Gasteiger partial charge in [0, 0.05) is 38.3 Å². The first kappa shape index (κ1) is 15.6. The van der Waals surface area contributed by atoms with Crippen molar-refractivity contribution in [2.75, 3.05) is 32.7 Å². The Bertz CT molecular complexity index is 296. The first-order chi connectivity index (χ1) is 9.74. The molecule has 1 saturated heterocycles. The Balaban J connectivity index is 1.73. The van der Waals surface area contributed by atoms with Crippen molar-refractivity contribution in [1.29, 1.82) is 0 Å². The van der Waals surface area contributed by atoms with Gasteiger partial charge in [0.25, 0.3) is 0 Å². The molecule has 3 N–H and O–H groups in total. The van der Waals surface area contributed by atoms with Gasteiger partial charge in [0.1, 0.15) is 0 Å². The summed E-state index contributed by atoms with van der Waals surface area (Å²) in [7, 11) is 0. The summed E-state index contributed by atoms with van der Waals surface area (Å²) >= 11 is 0. The van der Waals surface area contributed by atoms with Gasteiger partial charge in [-0.25, -0.2) is 4.79 Å². The van der Waals surface area contributed by atoms with E-state index in [1.165, 1.54) is 12.8 Å². The molecule has 0 bridgehead atoms. The van der Waals surface area contributed by atoms with Crippen molar-refractivity contribution >= 4 is 6.03 Å². The second-order valence-corrected chi connectivity index (χ2v) is 6.09. The molecule has 1 saturated carbocycles. The fraction of sp³-hybridized carbons (Fsp3) is 0.933. The van der Waals surface area contributed by atoms with Crippen LogP contribution < -0.4 is 11.1 Å². The second kappa shape index (κ2) is 7.84. The average Bonchev–Trinajstić information content (AvgIpc) is 2.98. The molecule has 1 heterocycles. The molecule has 2 fully saturated rings. The van der Waals surface area contributed by atoms with Crippen LogP contribution >= 0.6 is 0 Å². The van der Waals surface area contributed by atoms with Gasteiger partial charge in [-0.2, -0.15) is 0 Å². The fourth-order valence-corrected chi connectivity index (χ4v) is 3.46. The number of nitrogens with one attached hydrogen (secondary N) is 1. The highest BCUT2D eigenvalue weighted by Gasteiger charge is 2.26. The Morgan fingerprint density at radius 2 is 1.90 bits per heavy atom. The molecule has 1 unspecified atom stereocenters. The first-order valence-corrected chi connectivity index (χ1v) is 8.24. The zero-order valence-electron chi connectivity index (χ0n) is 12.8. The van der Waals surface area contributed by atoms with Crippen LogP contribution in [0.4, 0.5) is 4.79 Å². The Hall–Kier alpha value is -0.810. The Morgan fingerprint density at radius 3 is 2.45 bits per heavy atom. The van der Waals surface area contributed by atoms with E-state index in [1.54, 1.807) is 0 Å². The molecule has 0 radical (unpaired) electrons. The van der Waals surface area contributed by atoms with E-state index in [4.69, 9.17) is 5.73 Å². The number of piperazine rings is 1. The third-order valence-corrected chi connectivity index (χ3v) is 4.77. The number of carbonyl (C=O) groups is 1. The SMILES string of the molecule is CCC(CCN)N1CCN(C(=O)NC2CCCC2)CC1. The van der Waals surface area contributed by atoms with Crippen molar-refractivity contribution < 1.29 is 4.79 Å². The lowest BCUT2D eigenvalue weighted by Crippen LogP contribution is -2.55. The number of hydrogen-bond acceptors (Lipinski definition) is 3. The van der Waals surface area contributed by atoms with Gasteiger partial charge in [-0.05, 0) is 32.2 Å². The van der Waals surface area contributed by atoms with Crippen LogP contribution in [0.2, 0.25) is 0 Å². The lowest BCUT2D eigenvalue weighted by atomic mass is 10.1. The van der Waals surface area contributed by atoms with Crippen LogP contribution in [0.25, 0.3) is 0 Å². The summed E-state index contributed by atoms with van der Waals surface area (Å²) in [6.07, 6.45) is 7.03. The predicted molar refractivity (Wildman–Crippen MR) is 81.7 cm³/mol. The molecule has 2 rings (SSSR count). The Kier molecular flexibility index (Phi) is 6.10. The van der Waals surface area contributed by atoms with E-state index in [1.807, 2.05) is 4.90 Å². The standard InChI is InChI=1S/C15H30N4O/c1-2-14(7-8-16)18-9-11-19(12-10-18)15(20)17-13-5-3-4-6-13/h13-14H,2-12,16H2,1H3,(H,17,20). The normalized spacial score (nSPS) is 23.0. The minimum absolute atomic E-state index is 0.142. The minimum atomic E-state index is 0.142. The Labute approximate surface area is 122 Å². The third-order valence-electron chi connectivity index (χ3n) is 4.77. The van der Waals surface area contributed by atoms with Crippen LogP contribution in [0.5, 0.6) is 0 Å². The highest BCUT2D eigenvalue weighted by Crippen LogP contribution is 2.18. The number of amides is 2. The lowest BCUT2D eigenvalue weighted by molar-refractivity contribution is 0.102. The molecule has 1 aliphatic carbocycles. The highest BCUT2D eigenvalue weighted by atomic mass is 16.2. The van der Waals surface area contributed by atoms with Crippen molar-refractivity contribution in [3.63, 3.8) is 0 Å². The summed E-state index contributed by atoms with van der Waals surface area (Å²) in [6.45, 7) is 6.63. The molecule has 1 aliphatic heterocycles. The van der Waals surface area contributed by atoms with Crippen LogP contribution in [0.3, 0.4) is 0 Å². The topological polar surface area (TPSA) is 61.6 Å². The average molecular weight is 282 g/mol. The smallest absolute Gasteiger partial charge is 0.317 e. The van der Waals surface area contributed by atoms with Gasteiger partial charge in [-0.15, -0.1) is 0 Å². The van der Waals surface area contributed by atoms with Gasteiger partial charge in [-0.3, -0.25) is 4.90 Å². The van der Waals surface area contributed by atoms with Gasteiger partial charge in [0.2, 0.25) is 0 Å². The number of nitrogens with two attached hydrogens (primary N) is 1. The van der Waals surface area contributed by atoms with Crippen molar-refractivity contribution in [3.05, 3.63) is 0 Å². The van der Waals surface area contributed by atoms with Gasteiger partial charge < -0.3 is 16.0 Å². The molecule has 20 heavy (non-hydrogen) atoms. The molecule has 5 nitrogen and oxygen atoms in total. The lowest BCUT2D eigenvalue weighted by Gasteiger charge is -2.39. The quantitative estimate of drug-likeness (QED) is 0.801. The van der Waals surface area contributed by atoms with Crippen LogP contribution in [-0.2, 0) is 0 Å². The zero-order valence-corrected chi connectivity index (χ0v) is 12.8. The maximum absolute atomic E-state index is 12.2. The molecule has 2 amide bonds. The summed E-state index contributed by atoms with van der Waals surface area (Å²) < 4.78 is 0. The minimum Gasteiger partial charge on any atom is -0.335 e. The molecule has 0 aromatic carbocycles. The van der Waals surface area contributed by atoms with E-state index in [9.17, 15) is 4.79 Å². The Morgan fingerprint density at radius 1 is 1.25 bits per heavy atom. The summed E-state index contributed by atoms with van der Waals surface area (Å²) in [5.41, 5.74) is 5.68. The monoisotopic (exact) mass is 282 g/mol. The van der Waals surface area contributed by atoms with E-state index in [2.05, 4.69) is 17.1 Å². The van der Waals surface area contributed by atoms with E-state index in [-0.39, 0.29) is 6.03 Å². The van der Waals surface area contributed by atoms with Gasteiger partial charge >= 0.3 is 6.03 Å². The van der Waals surface area contributed by atoms with Gasteiger partial charge in [-0.1, -0.05) is 19.8 Å². The van der Waals surface area contributed by atoms with E-state index in [0.29, 0.717) is 12.1 Å². The largest absolute Gasteiger partial charge is 0.335 e. The molecule has 1 atom stereocenters. The van der Waals surface area contributed by atoms with Gasteiger partial charge in [0.05, 0.1) is 0 Å². The van der Waals surface area contributed by atoms with Crippen molar-refractivity contribution in [3.8, 4) is 0 Å². The number of urea groups is 1. The predicted octanol–water partition coefficient (Wildman–Crippen LogP) is 1.38. The van der Waals surface area contributed by atoms with Gasteiger partial charge in [0.15, 0.2) is 0 Å². The van der Waals surface area contributed by atoms with E-state index in [0.717, 1.165) is 58.4 Å². The van der Waals surface area contributed by atoms with Crippen molar-refractivity contribution in [2.24, 2.45) is 5.73 Å². The summed E-state index contributed by atoms with van der Waals surface area (Å²) in [5.74, 6) is 0. The summed E-state index contributed by atoms with van der Waals surface area (Å²) in [6, 6.07) is 1.14. The van der Waals surface area contributed by atoms with Crippen LogP contribution in [-0.4, -0.2) is 60.6 Å². The fourth-order valence-electron chi connectivity index (χ4n) is 3.46. The molecule has 0 spiro atoms. The first-order valence-electron chi connectivity index (χ1n) is 8.24. The summed E-state index contributed by atoms with van der Waals surface area (Å²) in [5, 5.41) is 3.18. The van der Waals surface area contributed by atoms with Crippen molar-refractivity contribution in [1.82, 2.24) is 15.1 Å². The molecular weight excluding hydrogens is 252 g/mol. The second-order valence-electron chi connectivity index (χ2n) is 6.09. The number of carbonyl (C=O) groups excluding carboxylic acids is 1. The van der Waals surface area contributed by atoms with Crippen LogP contribution in [0, 0.1) is 0 Å². The zero-order chi connectivity index (χ0) is 14.4. The molecule has 0 aromatic heterocycles.